The van der Waals surface area contributed by atoms with E-state index < -0.39 is 23.9 Å². The summed E-state index contributed by atoms with van der Waals surface area (Å²) in [6, 6.07) is 8.10. The third kappa shape index (κ3) is 5.15. The van der Waals surface area contributed by atoms with Crippen molar-refractivity contribution in [3.05, 3.63) is 92.0 Å². The summed E-state index contributed by atoms with van der Waals surface area (Å²) < 4.78 is 0. The van der Waals surface area contributed by atoms with Crippen LogP contribution in [0.1, 0.15) is 74.8 Å². The monoisotopic (exact) mass is 520 g/mol. The number of carboxylic acids is 4. The molecule has 1 aliphatic carbocycles. The topological polar surface area (TPSA) is 190 Å². The molecule has 3 aromatic rings. The summed E-state index contributed by atoms with van der Waals surface area (Å²) in [6.07, 6.45) is 1.85. The summed E-state index contributed by atoms with van der Waals surface area (Å²) in [5, 5.41) is 58.6. The van der Waals surface area contributed by atoms with E-state index in [9.17, 15) is 49.8 Å². The molecule has 0 saturated heterocycles. The van der Waals surface area contributed by atoms with Gasteiger partial charge in [-0.15, -0.1) is 0 Å². The van der Waals surface area contributed by atoms with Gasteiger partial charge in [0.25, 0.3) is 0 Å². The highest BCUT2D eigenvalue weighted by Crippen LogP contribution is 2.32. The van der Waals surface area contributed by atoms with Crippen molar-refractivity contribution < 1.29 is 49.8 Å². The van der Waals surface area contributed by atoms with Crippen LogP contribution in [-0.2, 0) is 38.5 Å². The Kier molecular flexibility index (Phi) is 7.07. The lowest BCUT2D eigenvalue weighted by Gasteiger charge is -2.19. The van der Waals surface area contributed by atoms with Crippen LogP contribution >= 0.6 is 0 Å². The zero-order chi connectivity index (χ0) is 27.7. The van der Waals surface area contributed by atoms with E-state index in [4.69, 9.17) is 0 Å². The van der Waals surface area contributed by atoms with Gasteiger partial charge in [0.05, 0.1) is 22.3 Å². The first-order valence-electron chi connectivity index (χ1n) is 11.7. The molecule has 38 heavy (non-hydrogen) atoms. The first-order valence-corrected chi connectivity index (χ1v) is 11.7. The van der Waals surface area contributed by atoms with Crippen LogP contribution in [0, 0.1) is 0 Å². The summed E-state index contributed by atoms with van der Waals surface area (Å²) >= 11 is 0. The second-order valence-electron chi connectivity index (χ2n) is 9.16. The molecule has 0 bridgehead atoms. The molecule has 0 amide bonds. The molecular formula is C28H24O10. The van der Waals surface area contributed by atoms with E-state index >= 15 is 0 Å². The van der Waals surface area contributed by atoms with Gasteiger partial charge in [0.15, 0.2) is 11.5 Å². The van der Waals surface area contributed by atoms with E-state index in [-0.39, 0.29) is 46.6 Å². The fourth-order valence-corrected chi connectivity index (χ4v) is 4.95. The minimum absolute atomic E-state index is 0.252. The highest BCUT2D eigenvalue weighted by atomic mass is 16.4. The molecule has 10 heteroatoms. The molecule has 0 aromatic heterocycles. The molecule has 0 spiro atoms. The van der Waals surface area contributed by atoms with Crippen LogP contribution in [0.2, 0.25) is 0 Å². The van der Waals surface area contributed by atoms with Crippen LogP contribution in [0.15, 0.2) is 36.4 Å². The fourth-order valence-electron chi connectivity index (χ4n) is 4.95. The van der Waals surface area contributed by atoms with Crippen molar-refractivity contribution in [3.8, 4) is 11.5 Å². The number of carboxylic acid groups (broad SMARTS) is 4. The maximum atomic E-state index is 11.8. The minimum Gasteiger partial charge on any atom is -0.504 e. The number of hydrogen-bond acceptors (Lipinski definition) is 6. The zero-order valence-corrected chi connectivity index (χ0v) is 20.0. The Morgan fingerprint density at radius 2 is 0.579 bits per heavy atom. The summed E-state index contributed by atoms with van der Waals surface area (Å²) in [4.78, 5) is 47.2. The van der Waals surface area contributed by atoms with Crippen molar-refractivity contribution >= 4 is 23.9 Å². The Morgan fingerprint density at radius 3 is 0.763 bits per heavy atom. The van der Waals surface area contributed by atoms with Gasteiger partial charge < -0.3 is 30.6 Å². The highest BCUT2D eigenvalue weighted by molar-refractivity contribution is 6.02. The quantitative estimate of drug-likeness (QED) is 0.277. The van der Waals surface area contributed by atoms with Crippen LogP contribution in [0.5, 0.6) is 11.5 Å². The maximum Gasteiger partial charge on any atom is 0.336 e. The standard InChI is InChI=1S/C28H24O10/c29-23-11-17-5-3-15-9-21(27(35)36)19(25(31)32)7-13(15)1-2-14-8-20(26(33)34)22(28(37)38)10-16(14)4-6-18(17)12-24(23)30/h7-12,29-30H,1-6H2,(H,31,32)(H,33,34)(H,35,36)(H,37,38). The molecule has 0 saturated carbocycles. The predicted octanol–water partition coefficient (Wildman–Crippen LogP) is 3.56. The Balaban J connectivity index is 1.93. The molecule has 10 nitrogen and oxygen atoms in total. The lowest BCUT2D eigenvalue weighted by atomic mass is 9.86. The van der Waals surface area contributed by atoms with Crippen LogP contribution in [-0.4, -0.2) is 54.5 Å². The molecule has 0 fully saturated rings. The van der Waals surface area contributed by atoms with E-state index in [1.807, 2.05) is 0 Å². The molecule has 1 aliphatic rings. The molecule has 0 aliphatic heterocycles. The lowest BCUT2D eigenvalue weighted by molar-refractivity contribution is 0.0651. The van der Waals surface area contributed by atoms with Gasteiger partial charge in [-0.1, -0.05) is 0 Å². The lowest BCUT2D eigenvalue weighted by Crippen LogP contribution is -2.14. The van der Waals surface area contributed by atoms with Crippen molar-refractivity contribution in [2.75, 3.05) is 0 Å². The van der Waals surface area contributed by atoms with E-state index in [2.05, 4.69) is 0 Å². The molecule has 0 unspecified atom stereocenters. The van der Waals surface area contributed by atoms with E-state index in [0.717, 1.165) is 0 Å². The first-order chi connectivity index (χ1) is 18.0. The number of carbonyl (C=O) groups is 4. The maximum absolute atomic E-state index is 11.8. The van der Waals surface area contributed by atoms with Gasteiger partial charge in [-0.2, -0.15) is 0 Å². The average Bonchev–Trinajstić information content (AvgIpc) is 2.85. The van der Waals surface area contributed by atoms with Crippen molar-refractivity contribution in [2.45, 2.75) is 38.5 Å². The van der Waals surface area contributed by atoms with Crippen molar-refractivity contribution in [2.24, 2.45) is 0 Å². The third-order valence-electron chi connectivity index (χ3n) is 6.89. The summed E-state index contributed by atoms with van der Waals surface area (Å²) in [5.41, 5.74) is 2.14. The van der Waals surface area contributed by atoms with Gasteiger partial charge in [-0.3, -0.25) is 0 Å². The molecular weight excluding hydrogens is 496 g/mol. The van der Waals surface area contributed by atoms with Crippen LogP contribution in [0.3, 0.4) is 0 Å². The Hall–Kier alpha value is -4.86. The molecule has 4 rings (SSSR count). The van der Waals surface area contributed by atoms with Gasteiger partial charge in [0, 0.05) is 0 Å². The average molecular weight is 520 g/mol. The number of phenolic OH excluding ortho intramolecular Hbond substituents is 2. The summed E-state index contributed by atoms with van der Waals surface area (Å²) in [7, 11) is 0. The van der Waals surface area contributed by atoms with Crippen LogP contribution < -0.4 is 0 Å². The zero-order valence-electron chi connectivity index (χ0n) is 20.0. The number of aryl methyl sites for hydroxylation is 6. The predicted molar refractivity (Wildman–Crippen MR) is 133 cm³/mol. The Morgan fingerprint density at radius 1 is 0.395 bits per heavy atom. The first kappa shape index (κ1) is 26.2. The molecule has 0 radical (unpaired) electrons. The van der Waals surface area contributed by atoms with Gasteiger partial charge in [0.1, 0.15) is 0 Å². The van der Waals surface area contributed by atoms with Crippen molar-refractivity contribution in [3.63, 3.8) is 0 Å². The third-order valence-corrected chi connectivity index (χ3v) is 6.89. The smallest absolute Gasteiger partial charge is 0.336 e. The molecule has 6 N–H and O–H groups in total. The van der Waals surface area contributed by atoms with Gasteiger partial charge >= 0.3 is 23.9 Å². The van der Waals surface area contributed by atoms with Crippen LogP contribution in [0.4, 0.5) is 0 Å². The SMILES string of the molecule is O=C(O)c1cc2c(cc1C(=O)O)CCc1cc(C(=O)O)c(C(=O)O)cc1CCc1cc(O)c(O)cc1CC2. The van der Waals surface area contributed by atoms with Crippen LogP contribution in [0.25, 0.3) is 0 Å². The number of benzene rings is 3. The second kappa shape index (κ2) is 10.3. The number of fused-ring (bicyclic) bond motifs is 3. The largest absolute Gasteiger partial charge is 0.504 e. The number of hydrogen-bond donors (Lipinski definition) is 6. The van der Waals surface area contributed by atoms with Gasteiger partial charge in [-0.05, 0) is 108 Å². The molecule has 3 aromatic carbocycles. The fraction of sp³-hybridized carbons (Fsp3) is 0.214. The van der Waals surface area contributed by atoms with Gasteiger partial charge in [0.2, 0.25) is 0 Å². The summed E-state index contributed by atoms with van der Waals surface area (Å²) in [5.74, 6) is -6.25. The number of aromatic carboxylic acids is 4. The normalized spacial score (nSPS) is 13.2. The molecule has 0 heterocycles. The Bertz CT molecular complexity index is 1390. The van der Waals surface area contributed by atoms with Crippen molar-refractivity contribution in [1.29, 1.82) is 0 Å². The highest BCUT2D eigenvalue weighted by Gasteiger charge is 2.23. The van der Waals surface area contributed by atoms with Gasteiger partial charge in [-0.25, -0.2) is 19.2 Å². The van der Waals surface area contributed by atoms with E-state index in [1.165, 1.54) is 36.4 Å². The van der Waals surface area contributed by atoms with Crippen molar-refractivity contribution in [1.82, 2.24) is 0 Å². The second-order valence-corrected chi connectivity index (χ2v) is 9.16. The number of phenols is 2. The molecule has 0 atom stereocenters. The minimum atomic E-state index is -1.40. The number of rotatable bonds is 4. The Labute approximate surface area is 216 Å². The number of aromatic hydroxyl groups is 2. The van der Waals surface area contributed by atoms with E-state index in [0.29, 0.717) is 59.1 Å². The van der Waals surface area contributed by atoms with E-state index in [1.54, 1.807) is 0 Å². The summed E-state index contributed by atoms with van der Waals surface area (Å²) in [6.45, 7) is 0. The molecule has 196 valence electrons.